The first kappa shape index (κ1) is 15.1. The van der Waals surface area contributed by atoms with Gasteiger partial charge in [-0.15, -0.1) is 0 Å². The number of benzene rings is 1. The van der Waals surface area contributed by atoms with Crippen LogP contribution < -0.4 is 10.3 Å². The molecule has 3 aromatic rings. The molecule has 0 radical (unpaired) electrons. The van der Waals surface area contributed by atoms with Crippen molar-refractivity contribution in [3.63, 3.8) is 0 Å². The SMILES string of the molecule is COc1cc(-c2cn(C)c(=O)c3[nH]ncc23)cc(Cl)c1C(=O)O. The van der Waals surface area contributed by atoms with Gasteiger partial charge in [-0.1, -0.05) is 11.6 Å². The summed E-state index contributed by atoms with van der Waals surface area (Å²) in [5, 5.41) is 16.5. The van der Waals surface area contributed by atoms with Crippen LogP contribution in [0.25, 0.3) is 22.0 Å². The Morgan fingerprint density at radius 2 is 2.17 bits per heavy atom. The molecule has 0 unspecified atom stereocenters. The van der Waals surface area contributed by atoms with E-state index in [9.17, 15) is 14.7 Å². The lowest BCUT2D eigenvalue weighted by Crippen LogP contribution is -2.16. The second kappa shape index (κ2) is 5.44. The predicted molar refractivity (Wildman–Crippen MR) is 85.3 cm³/mol. The maximum absolute atomic E-state index is 12.1. The maximum atomic E-state index is 12.1. The van der Waals surface area contributed by atoms with Crippen LogP contribution in [0.5, 0.6) is 5.75 Å². The van der Waals surface area contributed by atoms with Crippen LogP contribution in [0.4, 0.5) is 0 Å². The molecule has 0 atom stereocenters. The molecule has 3 rings (SSSR count). The smallest absolute Gasteiger partial charge is 0.341 e. The molecular formula is C15H12ClN3O4. The summed E-state index contributed by atoms with van der Waals surface area (Å²) in [5.74, 6) is -1.03. The first-order chi connectivity index (χ1) is 10.9. The molecule has 0 aliphatic heterocycles. The number of methoxy groups -OCH3 is 1. The Kier molecular flexibility index (Phi) is 3.57. The van der Waals surface area contributed by atoms with E-state index < -0.39 is 5.97 Å². The average molecular weight is 334 g/mol. The second-order valence-electron chi connectivity index (χ2n) is 4.96. The van der Waals surface area contributed by atoms with Crippen molar-refractivity contribution >= 4 is 28.5 Å². The van der Waals surface area contributed by atoms with Crippen LogP contribution in [-0.4, -0.2) is 33.0 Å². The molecule has 0 bridgehead atoms. The standard InChI is InChI=1S/C15H12ClN3O4/c1-19-6-9(8-5-17-18-13(8)14(19)20)7-3-10(16)12(15(21)22)11(4-7)23-2/h3-6H,1-2H3,(H,17,18)(H,21,22). The van der Waals surface area contributed by atoms with E-state index in [4.69, 9.17) is 16.3 Å². The number of carbonyl (C=O) groups is 1. The number of aromatic carboxylic acids is 1. The number of nitrogens with one attached hydrogen (secondary N) is 1. The molecule has 0 saturated carbocycles. The van der Waals surface area contributed by atoms with Gasteiger partial charge in [-0.25, -0.2) is 4.79 Å². The molecule has 0 aliphatic carbocycles. The van der Waals surface area contributed by atoms with Crippen molar-refractivity contribution in [2.45, 2.75) is 0 Å². The summed E-state index contributed by atoms with van der Waals surface area (Å²) in [4.78, 5) is 23.4. The van der Waals surface area contributed by atoms with Gasteiger partial charge in [0.15, 0.2) is 0 Å². The van der Waals surface area contributed by atoms with E-state index in [-0.39, 0.29) is 21.9 Å². The number of hydrogen-bond acceptors (Lipinski definition) is 4. The van der Waals surface area contributed by atoms with Crippen LogP contribution in [0.2, 0.25) is 5.02 Å². The topological polar surface area (TPSA) is 97.2 Å². The molecule has 0 saturated heterocycles. The quantitative estimate of drug-likeness (QED) is 0.766. The van der Waals surface area contributed by atoms with Crippen molar-refractivity contribution < 1.29 is 14.6 Å². The molecule has 2 N–H and O–H groups in total. The summed E-state index contributed by atoms with van der Waals surface area (Å²) in [6.07, 6.45) is 3.18. The highest BCUT2D eigenvalue weighted by molar-refractivity contribution is 6.34. The molecule has 7 nitrogen and oxygen atoms in total. The summed E-state index contributed by atoms with van der Waals surface area (Å²) < 4.78 is 6.56. The van der Waals surface area contributed by atoms with Crippen LogP contribution in [0.3, 0.4) is 0 Å². The van der Waals surface area contributed by atoms with Crippen LogP contribution in [-0.2, 0) is 7.05 Å². The maximum Gasteiger partial charge on any atom is 0.341 e. The van der Waals surface area contributed by atoms with Gasteiger partial charge >= 0.3 is 5.97 Å². The third-order valence-electron chi connectivity index (χ3n) is 3.59. The van der Waals surface area contributed by atoms with E-state index in [0.29, 0.717) is 22.0 Å². The number of nitrogens with zero attached hydrogens (tertiary/aromatic N) is 2. The molecular weight excluding hydrogens is 322 g/mol. The number of rotatable bonds is 3. The number of ether oxygens (including phenoxy) is 1. The van der Waals surface area contributed by atoms with Crippen LogP contribution in [0, 0.1) is 0 Å². The summed E-state index contributed by atoms with van der Waals surface area (Å²) >= 11 is 6.10. The Balaban J connectivity index is 2.34. The summed E-state index contributed by atoms with van der Waals surface area (Å²) in [7, 11) is 2.99. The minimum absolute atomic E-state index is 0.0531. The number of halogens is 1. The zero-order valence-electron chi connectivity index (χ0n) is 12.3. The van der Waals surface area contributed by atoms with Gasteiger partial charge in [-0.05, 0) is 17.7 Å². The fourth-order valence-electron chi connectivity index (χ4n) is 2.49. The van der Waals surface area contributed by atoms with Gasteiger partial charge in [-0.3, -0.25) is 9.89 Å². The number of aryl methyl sites for hydroxylation is 1. The number of pyridine rings is 1. The van der Waals surface area contributed by atoms with Crippen molar-refractivity contribution in [1.29, 1.82) is 0 Å². The zero-order valence-corrected chi connectivity index (χ0v) is 13.0. The van der Waals surface area contributed by atoms with Crippen molar-refractivity contribution in [3.05, 3.63) is 45.5 Å². The first-order valence-electron chi connectivity index (χ1n) is 6.58. The third kappa shape index (κ3) is 2.35. The molecule has 0 fully saturated rings. The van der Waals surface area contributed by atoms with Crippen molar-refractivity contribution in [3.8, 4) is 16.9 Å². The lowest BCUT2D eigenvalue weighted by molar-refractivity contribution is 0.0693. The van der Waals surface area contributed by atoms with E-state index in [1.54, 1.807) is 19.3 Å². The molecule has 8 heteroatoms. The molecule has 0 amide bonds. The van der Waals surface area contributed by atoms with Gasteiger partial charge < -0.3 is 14.4 Å². The molecule has 2 heterocycles. The molecule has 1 aromatic carbocycles. The van der Waals surface area contributed by atoms with E-state index in [1.165, 1.54) is 23.9 Å². The van der Waals surface area contributed by atoms with E-state index in [2.05, 4.69) is 10.2 Å². The van der Waals surface area contributed by atoms with Gasteiger partial charge in [0.2, 0.25) is 0 Å². The van der Waals surface area contributed by atoms with Crippen LogP contribution >= 0.6 is 11.6 Å². The van der Waals surface area contributed by atoms with E-state index >= 15 is 0 Å². The fourth-order valence-corrected chi connectivity index (χ4v) is 2.78. The highest BCUT2D eigenvalue weighted by Gasteiger charge is 2.19. The third-order valence-corrected chi connectivity index (χ3v) is 3.88. The number of aromatic amines is 1. The largest absolute Gasteiger partial charge is 0.496 e. The Morgan fingerprint density at radius 1 is 1.43 bits per heavy atom. The van der Waals surface area contributed by atoms with E-state index in [1.807, 2.05) is 0 Å². The van der Waals surface area contributed by atoms with Gasteiger partial charge in [0.25, 0.3) is 5.56 Å². The average Bonchev–Trinajstić information content (AvgIpc) is 2.99. The van der Waals surface area contributed by atoms with E-state index in [0.717, 1.165) is 0 Å². The van der Waals surface area contributed by atoms with Gasteiger partial charge in [0.1, 0.15) is 16.8 Å². The highest BCUT2D eigenvalue weighted by atomic mass is 35.5. The van der Waals surface area contributed by atoms with Crippen molar-refractivity contribution in [2.75, 3.05) is 7.11 Å². The summed E-state index contributed by atoms with van der Waals surface area (Å²) in [6.45, 7) is 0. The van der Waals surface area contributed by atoms with Gasteiger partial charge in [0, 0.05) is 24.2 Å². The van der Waals surface area contributed by atoms with Crippen molar-refractivity contribution in [2.24, 2.45) is 7.05 Å². The Morgan fingerprint density at radius 3 is 2.83 bits per heavy atom. The lowest BCUT2D eigenvalue weighted by atomic mass is 10.0. The first-order valence-corrected chi connectivity index (χ1v) is 6.95. The predicted octanol–water partition coefficient (Wildman–Crippen LogP) is 2.29. The van der Waals surface area contributed by atoms with Crippen molar-refractivity contribution in [1.82, 2.24) is 14.8 Å². The number of aromatic nitrogens is 3. The zero-order chi connectivity index (χ0) is 16.7. The molecule has 23 heavy (non-hydrogen) atoms. The Hall–Kier alpha value is -2.80. The molecule has 2 aromatic heterocycles. The molecule has 118 valence electrons. The Bertz CT molecular complexity index is 990. The number of carboxylic acid groups (broad SMARTS) is 1. The fraction of sp³-hybridized carbons (Fsp3) is 0.133. The Labute approximate surface area is 135 Å². The minimum Gasteiger partial charge on any atom is -0.496 e. The summed E-state index contributed by atoms with van der Waals surface area (Å²) in [6, 6.07) is 3.10. The number of fused-ring (bicyclic) bond motifs is 1. The number of hydrogen-bond donors (Lipinski definition) is 2. The van der Waals surface area contributed by atoms with Crippen LogP contribution in [0.1, 0.15) is 10.4 Å². The number of carboxylic acids is 1. The minimum atomic E-state index is -1.17. The monoisotopic (exact) mass is 333 g/mol. The van der Waals surface area contributed by atoms with Gasteiger partial charge in [-0.2, -0.15) is 5.10 Å². The second-order valence-corrected chi connectivity index (χ2v) is 5.37. The van der Waals surface area contributed by atoms with Crippen LogP contribution in [0.15, 0.2) is 29.3 Å². The molecule has 0 aliphatic rings. The highest BCUT2D eigenvalue weighted by Crippen LogP contribution is 2.35. The molecule has 0 spiro atoms. The normalized spacial score (nSPS) is 10.9. The summed E-state index contributed by atoms with van der Waals surface area (Å²) in [5.41, 5.74) is 1.36. The lowest BCUT2D eigenvalue weighted by Gasteiger charge is -2.12. The van der Waals surface area contributed by atoms with Gasteiger partial charge in [0.05, 0.1) is 18.3 Å². The number of H-pyrrole nitrogens is 1.